The molecular weight excluding hydrogens is 317 g/mol. The molecule has 1 aliphatic heterocycles. The van der Waals surface area contributed by atoms with Gasteiger partial charge < -0.3 is 9.47 Å². The topological polar surface area (TPSA) is 38.1 Å². The average molecular weight is 337 g/mol. The number of aromatic nitrogens is 2. The maximum atomic E-state index is 13.2. The van der Waals surface area contributed by atoms with E-state index in [1.54, 1.807) is 12.1 Å². The second kappa shape index (κ2) is 6.31. The number of benzene rings is 2. The van der Waals surface area contributed by atoms with Crippen molar-refractivity contribution in [3.05, 3.63) is 65.7 Å². The van der Waals surface area contributed by atoms with Crippen LogP contribution in [0.3, 0.4) is 0 Å². The van der Waals surface area contributed by atoms with E-state index in [1.165, 1.54) is 12.1 Å². The van der Waals surface area contributed by atoms with E-state index in [-0.39, 0.29) is 17.8 Å². The number of hydrogen-bond acceptors (Lipinski definition) is 2. The lowest BCUT2D eigenvalue weighted by Gasteiger charge is -2.35. The molecule has 4 nitrogen and oxygen atoms in total. The number of likely N-dealkylation sites (tertiary alicyclic amines) is 1. The van der Waals surface area contributed by atoms with Crippen LogP contribution in [0, 0.1) is 5.82 Å². The molecule has 1 atom stereocenters. The zero-order chi connectivity index (χ0) is 17.4. The monoisotopic (exact) mass is 337 g/mol. The first-order valence-corrected chi connectivity index (χ1v) is 8.63. The highest BCUT2D eigenvalue weighted by Crippen LogP contribution is 2.33. The zero-order valence-electron chi connectivity index (χ0n) is 14.2. The van der Waals surface area contributed by atoms with E-state index < -0.39 is 0 Å². The van der Waals surface area contributed by atoms with Gasteiger partial charge in [0.15, 0.2) is 0 Å². The molecule has 25 heavy (non-hydrogen) atoms. The van der Waals surface area contributed by atoms with Crippen LogP contribution in [0.2, 0.25) is 0 Å². The number of fused-ring (bicyclic) bond motifs is 1. The number of rotatable bonds is 2. The molecule has 5 heteroatoms. The summed E-state index contributed by atoms with van der Waals surface area (Å²) in [6.45, 7) is 0.698. The lowest BCUT2D eigenvalue weighted by molar-refractivity contribution is 0.0597. The minimum Gasteiger partial charge on any atom is -0.329 e. The van der Waals surface area contributed by atoms with Gasteiger partial charge in [-0.05, 0) is 55.7 Å². The van der Waals surface area contributed by atoms with Gasteiger partial charge in [0.05, 0.1) is 17.1 Å². The number of carbonyl (C=O) groups is 1. The third kappa shape index (κ3) is 2.80. The summed E-state index contributed by atoms with van der Waals surface area (Å²) in [5.74, 6) is 0.523. The molecule has 1 aromatic heterocycles. The third-order valence-corrected chi connectivity index (χ3v) is 4.97. The summed E-state index contributed by atoms with van der Waals surface area (Å²) < 4.78 is 15.2. The van der Waals surface area contributed by atoms with E-state index in [0.717, 1.165) is 36.1 Å². The molecule has 128 valence electrons. The number of aryl methyl sites for hydroxylation is 1. The summed E-state index contributed by atoms with van der Waals surface area (Å²) in [5, 5.41) is 0. The lowest BCUT2D eigenvalue weighted by Crippen LogP contribution is -2.39. The van der Waals surface area contributed by atoms with E-state index in [1.807, 2.05) is 36.2 Å². The Morgan fingerprint density at radius 2 is 1.88 bits per heavy atom. The van der Waals surface area contributed by atoms with Gasteiger partial charge in [0.2, 0.25) is 0 Å². The molecule has 0 N–H and O–H groups in total. The van der Waals surface area contributed by atoms with Gasteiger partial charge in [0.25, 0.3) is 5.91 Å². The standard InChI is InChI=1S/C20H20FN3O/c1-23-17-7-3-2-6-16(17)22-19(23)18-8-4-5-13-24(18)20(25)14-9-11-15(21)12-10-14/h2-3,6-7,9-12,18H,4-5,8,13H2,1H3. The number of hydrogen-bond donors (Lipinski definition) is 0. The Bertz CT molecular complexity index is 916. The second-order valence-electron chi connectivity index (χ2n) is 6.53. The van der Waals surface area contributed by atoms with Crippen LogP contribution >= 0.6 is 0 Å². The second-order valence-corrected chi connectivity index (χ2v) is 6.53. The SMILES string of the molecule is Cn1c(C2CCCCN2C(=O)c2ccc(F)cc2)nc2ccccc21. The van der Waals surface area contributed by atoms with E-state index in [9.17, 15) is 9.18 Å². The lowest BCUT2D eigenvalue weighted by atomic mass is 10.00. The van der Waals surface area contributed by atoms with Crippen molar-refractivity contribution in [2.24, 2.45) is 7.05 Å². The van der Waals surface area contributed by atoms with E-state index in [4.69, 9.17) is 4.98 Å². The van der Waals surface area contributed by atoms with E-state index in [2.05, 4.69) is 4.57 Å². The Balaban J connectivity index is 1.72. The predicted molar refractivity (Wildman–Crippen MR) is 94.7 cm³/mol. The fraction of sp³-hybridized carbons (Fsp3) is 0.300. The fourth-order valence-corrected chi connectivity index (χ4v) is 3.66. The minimum atomic E-state index is -0.331. The van der Waals surface area contributed by atoms with Crippen molar-refractivity contribution in [3.63, 3.8) is 0 Å². The van der Waals surface area contributed by atoms with E-state index >= 15 is 0 Å². The predicted octanol–water partition coefficient (Wildman–Crippen LogP) is 4.08. The Labute approximate surface area is 145 Å². The summed E-state index contributed by atoms with van der Waals surface area (Å²) in [5.41, 5.74) is 2.53. The number of imidazole rings is 1. The van der Waals surface area contributed by atoms with Crippen LogP contribution in [0.1, 0.15) is 41.5 Å². The van der Waals surface area contributed by atoms with Crippen molar-refractivity contribution in [1.82, 2.24) is 14.5 Å². The molecule has 0 saturated carbocycles. The summed E-state index contributed by atoms with van der Waals surface area (Å²) in [6, 6.07) is 13.7. The molecule has 1 aliphatic rings. The molecule has 3 aromatic rings. The molecule has 1 amide bonds. The molecule has 1 unspecified atom stereocenters. The summed E-state index contributed by atoms with van der Waals surface area (Å²) in [4.78, 5) is 19.7. The number of nitrogens with zero attached hydrogens (tertiary/aromatic N) is 3. The highest BCUT2D eigenvalue weighted by molar-refractivity contribution is 5.94. The van der Waals surface area contributed by atoms with Crippen LogP contribution in [0.25, 0.3) is 11.0 Å². The van der Waals surface area contributed by atoms with Gasteiger partial charge in [-0.25, -0.2) is 9.37 Å². The first kappa shape index (κ1) is 15.8. The Morgan fingerprint density at radius 1 is 1.12 bits per heavy atom. The molecule has 0 spiro atoms. The van der Waals surface area contributed by atoms with Gasteiger partial charge >= 0.3 is 0 Å². The number of para-hydroxylation sites is 2. The Hall–Kier alpha value is -2.69. The van der Waals surface area contributed by atoms with Crippen molar-refractivity contribution >= 4 is 16.9 Å². The molecule has 0 aliphatic carbocycles. The van der Waals surface area contributed by atoms with E-state index in [0.29, 0.717) is 12.1 Å². The summed E-state index contributed by atoms with van der Waals surface area (Å²) >= 11 is 0. The normalized spacial score (nSPS) is 17.8. The Morgan fingerprint density at radius 3 is 2.64 bits per heavy atom. The van der Waals surface area contributed by atoms with Crippen LogP contribution in [0.5, 0.6) is 0 Å². The van der Waals surface area contributed by atoms with Crippen molar-refractivity contribution < 1.29 is 9.18 Å². The molecule has 0 radical (unpaired) electrons. The quantitative estimate of drug-likeness (QED) is 0.707. The van der Waals surface area contributed by atoms with Gasteiger partial charge in [-0.3, -0.25) is 4.79 Å². The van der Waals surface area contributed by atoms with Crippen LogP contribution in [-0.4, -0.2) is 26.9 Å². The molecule has 2 heterocycles. The minimum absolute atomic E-state index is 0.0521. The van der Waals surface area contributed by atoms with Gasteiger partial charge in [-0.15, -0.1) is 0 Å². The van der Waals surface area contributed by atoms with Crippen LogP contribution in [-0.2, 0) is 7.05 Å². The van der Waals surface area contributed by atoms with Crippen molar-refractivity contribution in [2.45, 2.75) is 25.3 Å². The average Bonchev–Trinajstić information content (AvgIpc) is 2.99. The van der Waals surface area contributed by atoms with Gasteiger partial charge in [-0.2, -0.15) is 0 Å². The highest BCUT2D eigenvalue weighted by atomic mass is 19.1. The largest absolute Gasteiger partial charge is 0.329 e. The van der Waals surface area contributed by atoms with Gasteiger partial charge in [0, 0.05) is 19.2 Å². The molecule has 2 aromatic carbocycles. The zero-order valence-corrected chi connectivity index (χ0v) is 14.2. The van der Waals surface area contributed by atoms with Gasteiger partial charge in [-0.1, -0.05) is 12.1 Å². The van der Waals surface area contributed by atoms with Crippen molar-refractivity contribution in [3.8, 4) is 0 Å². The highest BCUT2D eigenvalue weighted by Gasteiger charge is 2.31. The maximum absolute atomic E-state index is 13.2. The smallest absolute Gasteiger partial charge is 0.254 e. The number of halogens is 1. The molecule has 1 fully saturated rings. The first-order valence-electron chi connectivity index (χ1n) is 8.63. The number of amides is 1. The van der Waals surface area contributed by atoms with Crippen LogP contribution in [0.4, 0.5) is 4.39 Å². The summed E-state index contributed by atoms with van der Waals surface area (Å²) in [6.07, 6.45) is 2.94. The maximum Gasteiger partial charge on any atom is 0.254 e. The molecular formula is C20H20FN3O. The summed E-state index contributed by atoms with van der Waals surface area (Å²) in [7, 11) is 2.00. The molecule has 1 saturated heterocycles. The molecule has 0 bridgehead atoms. The molecule has 4 rings (SSSR count). The van der Waals surface area contributed by atoms with Gasteiger partial charge in [0.1, 0.15) is 11.6 Å². The third-order valence-electron chi connectivity index (χ3n) is 4.97. The van der Waals surface area contributed by atoms with Crippen molar-refractivity contribution in [1.29, 1.82) is 0 Å². The van der Waals surface area contributed by atoms with Crippen LogP contribution in [0.15, 0.2) is 48.5 Å². The number of carbonyl (C=O) groups excluding carboxylic acids is 1. The van der Waals surface area contributed by atoms with Crippen molar-refractivity contribution in [2.75, 3.05) is 6.54 Å². The first-order chi connectivity index (χ1) is 12.1. The fourth-order valence-electron chi connectivity index (χ4n) is 3.66. The Kier molecular flexibility index (Phi) is 3.99. The van der Waals surface area contributed by atoms with Crippen LogP contribution < -0.4 is 0 Å². The number of piperidine rings is 1.